The number of thiazole rings is 1. The third-order valence-electron chi connectivity index (χ3n) is 3.97. The number of hydrogen-bond acceptors (Lipinski definition) is 4. The Labute approximate surface area is 164 Å². The highest BCUT2D eigenvalue weighted by Crippen LogP contribution is 2.26. The van der Waals surface area contributed by atoms with Crippen molar-refractivity contribution in [2.24, 2.45) is 0 Å². The number of amides is 2. The topological polar surface area (TPSA) is 71.1 Å². The van der Waals surface area contributed by atoms with Gasteiger partial charge in [0.15, 0.2) is 16.8 Å². The van der Waals surface area contributed by atoms with Gasteiger partial charge in [0.1, 0.15) is 6.04 Å². The molecule has 1 heterocycles. The van der Waals surface area contributed by atoms with Gasteiger partial charge >= 0.3 is 0 Å². The molecule has 0 unspecified atom stereocenters. The van der Waals surface area contributed by atoms with E-state index >= 15 is 0 Å². The molecule has 3 aromatic rings. The van der Waals surface area contributed by atoms with Gasteiger partial charge in [-0.3, -0.25) is 9.59 Å². The molecule has 3 rings (SSSR count). The number of aryl methyl sites for hydroxylation is 1. The van der Waals surface area contributed by atoms with E-state index in [0.29, 0.717) is 22.0 Å². The summed E-state index contributed by atoms with van der Waals surface area (Å²) < 4.78 is 26.4. The molecule has 2 amide bonds. The molecule has 8 heteroatoms. The molecule has 1 atom stereocenters. The highest BCUT2D eigenvalue weighted by atomic mass is 32.1. The lowest BCUT2D eigenvalue weighted by Gasteiger charge is -2.13. The third kappa shape index (κ3) is 4.58. The molecule has 0 saturated heterocycles. The van der Waals surface area contributed by atoms with Crippen LogP contribution < -0.4 is 10.6 Å². The molecule has 5 nitrogen and oxygen atoms in total. The van der Waals surface area contributed by atoms with Crippen LogP contribution in [0.5, 0.6) is 0 Å². The van der Waals surface area contributed by atoms with Crippen LogP contribution in [0.25, 0.3) is 11.3 Å². The van der Waals surface area contributed by atoms with Crippen LogP contribution in [0, 0.1) is 18.6 Å². The van der Waals surface area contributed by atoms with Gasteiger partial charge in [-0.25, -0.2) is 13.8 Å². The quantitative estimate of drug-likeness (QED) is 0.675. The molecule has 144 valence electrons. The van der Waals surface area contributed by atoms with E-state index in [9.17, 15) is 18.4 Å². The lowest BCUT2D eigenvalue weighted by Crippen LogP contribution is -2.41. The molecule has 28 heavy (non-hydrogen) atoms. The Bertz CT molecular complexity index is 1040. The van der Waals surface area contributed by atoms with Crippen molar-refractivity contribution in [1.82, 2.24) is 10.3 Å². The Hall–Kier alpha value is -3.13. The Morgan fingerprint density at radius 1 is 1.11 bits per heavy atom. The van der Waals surface area contributed by atoms with Gasteiger partial charge in [0.2, 0.25) is 5.91 Å². The van der Waals surface area contributed by atoms with Crippen molar-refractivity contribution in [1.29, 1.82) is 0 Å². The number of anilines is 1. The van der Waals surface area contributed by atoms with Gasteiger partial charge in [0.25, 0.3) is 5.91 Å². The molecule has 0 bridgehead atoms. The normalized spacial score (nSPS) is 11.7. The van der Waals surface area contributed by atoms with Crippen LogP contribution in [0.2, 0.25) is 0 Å². The number of nitrogens with zero attached hydrogens (tertiary/aromatic N) is 1. The second-order valence-electron chi connectivity index (χ2n) is 6.22. The van der Waals surface area contributed by atoms with Gasteiger partial charge in [0, 0.05) is 16.5 Å². The highest BCUT2D eigenvalue weighted by Gasteiger charge is 2.18. The zero-order chi connectivity index (χ0) is 20.3. The molecule has 0 aliphatic heterocycles. The Balaban J connectivity index is 1.63. The van der Waals surface area contributed by atoms with Crippen LogP contribution in [0.1, 0.15) is 22.8 Å². The van der Waals surface area contributed by atoms with Crippen LogP contribution in [-0.2, 0) is 4.79 Å². The molecule has 0 spiro atoms. The fourth-order valence-corrected chi connectivity index (χ4v) is 3.19. The number of aromatic nitrogens is 1. The molecule has 1 aromatic heterocycles. The van der Waals surface area contributed by atoms with Crippen molar-refractivity contribution < 1.29 is 18.4 Å². The first kappa shape index (κ1) is 19.6. The molecule has 0 aliphatic carbocycles. The van der Waals surface area contributed by atoms with Gasteiger partial charge in [-0.15, -0.1) is 11.3 Å². The highest BCUT2D eigenvalue weighted by molar-refractivity contribution is 7.14. The number of hydrogen-bond donors (Lipinski definition) is 2. The van der Waals surface area contributed by atoms with E-state index in [-0.39, 0.29) is 5.91 Å². The predicted molar refractivity (Wildman–Crippen MR) is 104 cm³/mol. The van der Waals surface area contributed by atoms with Crippen molar-refractivity contribution in [2.45, 2.75) is 19.9 Å². The zero-order valence-corrected chi connectivity index (χ0v) is 15.9. The predicted octanol–water partition coefficient (Wildman–Crippen LogP) is 4.15. The summed E-state index contributed by atoms with van der Waals surface area (Å²) in [5.74, 6) is -2.70. The number of benzene rings is 2. The van der Waals surface area contributed by atoms with Gasteiger partial charge in [-0.1, -0.05) is 17.7 Å². The number of nitrogens with one attached hydrogen (secondary N) is 2. The zero-order valence-electron chi connectivity index (χ0n) is 15.1. The second kappa shape index (κ2) is 8.26. The van der Waals surface area contributed by atoms with E-state index < -0.39 is 23.6 Å². The molecule has 0 aliphatic rings. The monoisotopic (exact) mass is 401 g/mol. The number of rotatable bonds is 5. The van der Waals surface area contributed by atoms with Crippen molar-refractivity contribution in [2.75, 3.05) is 5.32 Å². The second-order valence-corrected chi connectivity index (χ2v) is 7.08. The average Bonchev–Trinajstić information content (AvgIpc) is 3.12. The van der Waals surface area contributed by atoms with E-state index in [0.717, 1.165) is 29.0 Å². The summed E-state index contributed by atoms with van der Waals surface area (Å²) in [4.78, 5) is 28.8. The van der Waals surface area contributed by atoms with Crippen molar-refractivity contribution in [3.8, 4) is 11.3 Å². The minimum atomic E-state index is -0.969. The lowest BCUT2D eigenvalue weighted by molar-refractivity contribution is -0.117. The molecular formula is C20H17F2N3O2S. The molecular weight excluding hydrogens is 384 g/mol. The van der Waals surface area contributed by atoms with E-state index in [2.05, 4.69) is 15.6 Å². The Kier molecular flexibility index (Phi) is 5.79. The summed E-state index contributed by atoms with van der Waals surface area (Å²) in [5.41, 5.74) is 2.22. The Morgan fingerprint density at radius 2 is 1.89 bits per heavy atom. The van der Waals surface area contributed by atoms with Crippen LogP contribution >= 0.6 is 11.3 Å². The molecule has 0 saturated carbocycles. The average molecular weight is 401 g/mol. The van der Waals surface area contributed by atoms with Crippen molar-refractivity contribution in [3.05, 3.63) is 70.6 Å². The van der Waals surface area contributed by atoms with E-state index in [4.69, 9.17) is 0 Å². The summed E-state index contributed by atoms with van der Waals surface area (Å²) in [7, 11) is 0. The number of carbonyl (C=O) groups is 2. The van der Waals surface area contributed by atoms with E-state index in [1.165, 1.54) is 6.07 Å². The summed E-state index contributed by atoms with van der Waals surface area (Å²) in [6.45, 7) is 3.44. The standard InChI is InChI=1S/C20H17F2N3O2S/c1-11-4-3-5-14(8-11)19(27)23-12(2)18(26)25-20-24-17(10-28-20)13-6-7-15(21)16(22)9-13/h3-10,12H,1-2H3,(H,23,27)(H,24,25,26)/t12-/m0/s1. The smallest absolute Gasteiger partial charge is 0.251 e. The van der Waals surface area contributed by atoms with Crippen LogP contribution in [0.3, 0.4) is 0 Å². The Morgan fingerprint density at radius 3 is 2.61 bits per heavy atom. The van der Waals surface area contributed by atoms with Gasteiger partial charge in [-0.2, -0.15) is 0 Å². The molecule has 2 aromatic carbocycles. The molecule has 0 fully saturated rings. The molecule has 2 N–H and O–H groups in total. The maximum atomic E-state index is 13.4. The number of carbonyl (C=O) groups excluding carboxylic acids is 2. The first-order valence-electron chi connectivity index (χ1n) is 8.43. The van der Waals surface area contributed by atoms with Crippen molar-refractivity contribution >= 4 is 28.3 Å². The third-order valence-corrected chi connectivity index (χ3v) is 4.73. The summed E-state index contributed by atoms with van der Waals surface area (Å²) >= 11 is 1.15. The number of halogens is 2. The fourth-order valence-electron chi connectivity index (χ4n) is 2.46. The van der Waals surface area contributed by atoms with E-state index in [1.807, 2.05) is 13.0 Å². The minimum Gasteiger partial charge on any atom is -0.341 e. The van der Waals surface area contributed by atoms with Crippen LogP contribution in [0.15, 0.2) is 47.8 Å². The fraction of sp³-hybridized carbons (Fsp3) is 0.150. The first-order chi connectivity index (χ1) is 13.3. The summed E-state index contributed by atoms with van der Waals surface area (Å²) in [5, 5.41) is 7.16. The van der Waals surface area contributed by atoms with Crippen LogP contribution in [0.4, 0.5) is 13.9 Å². The van der Waals surface area contributed by atoms with E-state index in [1.54, 1.807) is 30.5 Å². The largest absolute Gasteiger partial charge is 0.341 e. The van der Waals surface area contributed by atoms with Gasteiger partial charge in [-0.05, 0) is 44.2 Å². The molecule has 0 radical (unpaired) electrons. The maximum absolute atomic E-state index is 13.4. The van der Waals surface area contributed by atoms with Crippen LogP contribution in [-0.4, -0.2) is 22.8 Å². The SMILES string of the molecule is Cc1cccc(C(=O)N[C@@H](C)C(=O)Nc2nc(-c3ccc(F)c(F)c3)cs2)c1. The van der Waals surface area contributed by atoms with Gasteiger partial charge in [0.05, 0.1) is 5.69 Å². The van der Waals surface area contributed by atoms with Crippen molar-refractivity contribution in [3.63, 3.8) is 0 Å². The first-order valence-corrected chi connectivity index (χ1v) is 9.31. The summed E-state index contributed by atoms with van der Waals surface area (Å²) in [6.07, 6.45) is 0. The maximum Gasteiger partial charge on any atom is 0.251 e. The van der Waals surface area contributed by atoms with Gasteiger partial charge < -0.3 is 10.6 Å². The summed E-state index contributed by atoms with van der Waals surface area (Å²) in [6, 6.07) is 9.72. The minimum absolute atomic E-state index is 0.293. The lowest BCUT2D eigenvalue weighted by atomic mass is 10.1.